The molecule has 2 aliphatic carbocycles. The van der Waals surface area contributed by atoms with Gasteiger partial charge in [-0.05, 0) is 63.5 Å². The van der Waals surface area contributed by atoms with Gasteiger partial charge in [0.2, 0.25) is 11.8 Å². The normalized spacial score (nSPS) is 27.1. The fourth-order valence-corrected chi connectivity index (χ4v) is 8.32. The number of carbonyl (C=O) groups excluding carboxylic acids is 4. The van der Waals surface area contributed by atoms with Crippen molar-refractivity contribution in [3.63, 3.8) is 0 Å². The minimum atomic E-state index is -1.22. The number of alkyl carbamates (subject to hydrolysis) is 1. The molecule has 1 unspecified atom stereocenters. The smallest absolute Gasteiger partial charge is 0.408 e. The molecular weight excluding hydrogens is 701 g/mol. The van der Waals surface area contributed by atoms with Crippen molar-refractivity contribution < 1.29 is 38.1 Å². The Morgan fingerprint density at radius 2 is 1.83 bits per heavy atom. The van der Waals surface area contributed by atoms with Gasteiger partial charge in [0.25, 0.3) is 0 Å². The van der Waals surface area contributed by atoms with E-state index in [2.05, 4.69) is 15.6 Å². The number of rotatable bonds is 7. The lowest BCUT2D eigenvalue weighted by Gasteiger charge is -2.29. The number of aromatic nitrogens is 2. The fraction of sp³-hybridized carbons (Fsp3) is 0.526. The number of methoxy groups -OCH3 is 2. The summed E-state index contributed by atoms with van der Waals surface area (Å²) in [4.78, 5) is 65.7. The molecule has 14 nitrogen and oxygen atoms in total. The Morgan fingerprint density at radius 1 is 1.02 bits per heavy atom. The molecular formula is C38H46N6O8S. The van der Waals surface area contributed by atoms with Gasteiger partial charge in [-0.1, -0.05) is 25.0 Å². The molecule has 0 spiro atoms. The SMILES string of the molecule is COC(=O)[C@@]12CC1/C=C\CCCCC[C@H](NC(=O)OC1CCCC1)C(=O)N1C[C@H](Oc3cc(-c4csc(N)n4)nc4cc(OC)ccc34)C[C@H]1C(=O)N2. The van der Waals surface area contributed by atoms with E-state index in [1.807, 2.05) is 23.6 Å². The van der Waals surface area contributed by atoms with Crippen LogP contribution >= 0.6 is 11.3 Å². The molecule has 53 heavy (non-hydrogen) atoms. The molecule has 5 atom stereocenters. The van der Waals surface area contributed by atoms with E-state index in [9.17, 15) is 19.2 Å². The minimum absolute atomic E-state index is 0.0558. The zero-order chi connectivity index (χ0) is 37.1. The van der Waals surface area contributed by atoms with Crippen LogP contribution in [0.5, 0.6) is 11.5 Å². The van der Waals surface area contributed by atoms with Gasteiger partial charge < -0.3 is 40.2 Å². The number of esters is 1. The second-order valence-electron chi connectivity index (χ2n) is 14.3. The lowest BCUT2D eigenvalue weighted by Crippen LogP contribution is -2.56. The highest BCUT2D eigenvalue weighted by atomic mass is 32.1. The number of pyridine rings is 1. The van der Waals surface area contributed by atoms with E-state index in [0.29, 0.717) is 58.2 Å². The third-order valence-corrected chi connectivity index (χ3v) is 11.4. The number of amides is 3. The molecule has 4 aliphatic rings. The summed E-state index contributed by atoms with van der Waals surface area (Å²) in [7, 11) is 2.88. The van der Waals surface area contributed by atoms with Gasteiger partial charge in [-0.15, -0.1) is 11.3 Å². The van der Waals surface area contributed by atoms with Gasteiger partial charge in [0.1, 0.15) is 47.0 Å². The van der Waals surface area contributed by atoms with Gasteiger partial charge in [-0.3, -0.25) is 9.59 Å². The Balaban J connectivity index is 1.21. The largest absolute Gasteiger partial charge is 0.497 e. The van der Waals surface area contributed by atoms with Gasteiger partial charge >= 0.3 is 12.1 Å². The van der Waals surface area contributed by atoms with E-state index in [1.54, 1.807) is 25.3 Å². The zero-order valence-electron chi connectivity index (χ0n) is 30.0. The first-order chi connectivity index (χ1) is 25.7. The van der Waals surface area contributed by atoms with Crippen molar-refractivity contribution in [1.82, 2.24) is 25.5 Å². The van der Waals surface area contributed by atoms with Gasteiger partial charge in [-0.2, -0.15) is 0 Å². The molecule has 1 saturated heterocycles. The van der Waals surface area contributed by atoms with Crippen molar-refractivity contribution >= 4 is 51.2 Å². The number of hydrogen-bond donors (Lipinski definition) is 3. The fourth-order valence-electron chi connectivity index (χ4n) is 7.77. The van der Waals surface area contributed by atoms with E-state index < -0.39 is 47.6 Å². The first-order valence-electron chi connectivity index (χ1n) is 18.4. The standard InChI is InChI=1S/C38H46N6O8S/c1-49-24-14-15-26-28(16-24)40-29(30-21-53-36(39)41-30)18-32(26)51-25-17-31-33(45)43-38(35(47)50-2)19-22(38)10-6-4-3-5-7-13-27(34(46)44(31)20-25)42-37(48)52-23-11-8-9-12-23/h6,10,14-16,18,21-23,25,27,31H,3-5,7-9,11-13,17,19-20H2,1-2H3,(H2,39,41)(H,42,48)(H,43,45)/b10-6-/t22?,25-,27+,31+,38-/m1/s1. The van der Waals surface area contributed by atoms with Crippen LogP contribution in [-0.4, -0.2) is 89.3 Å². The molecule has 4 N–H and O–H groups in total. The highest BCUT2D eigenvalue weighted by molar-refractivity contribution is 7.13. The van der Waals surface area contributed by atoms with Gasteiger partial charge in [-0.25, -0.2) is 19.6 Å². The number of nitrogens with one attached hydrogen (secondary N) is 2. The summed E-state index contributed by atoms with van der Waals surface area (Å²) in [5, 5.41) is 8.72. The van der Waals surface area contributed by atoms with Crippen molar-refractivity contribution in [1.29, 1.82) is 0 Å². The number of thiazole rings is 1. The molecule has 0 radical (unpaired) electrons. The second kappa shape index (κ2) is 15.6. The molecule has 3 fully saturated rings. The van der Waals surface area contributed by atoms with E-state index in [1.165, 1.54) is 23.3 Å². The van der Waals surface area contributed by atoms with Crippen LogP contribution in [0, 0.1) is 5.92 Å². The van der Waals surface area contributed by atoms with E-state index in [-0.39, 0.29) is 25.0 Å². The molecule has 2 saturated carbocycles. The summed E-state index contributed by atoms with van der Waals surface area (Å²) in [6.07, 6.45) is 10.2. The summed E-state index contributed by atoms with van der Waals surface area (Å²) in [6, 6.07) is 5.31. The highest BCUT2D eigenvalue weighted by Gasteiger charge is 2.62. The second-order valence-corrected chi connectivity index (χ2v) is 15.2. The van der Waals surface area contributed by atoms with Crippen molar-refractivity contribution in [2.45, 2.75) is 100 Å². The first kappa shape index (κ1) is 36.4. The number of nitrogen functional groups attached to an aromatic ring is 1. The number of nitrogens with two attached hydrogens (primary N) is 1. The molecule has 3 aromatic rings. The Bertz CT molecular complexity index is 1890. The number of anilines is 1. The molecule has 2 aliphatic heterocycles. The Morgan fingerprint density at radius 3 is 2.58 bits per heavy atom. The third-order valence-electron chi connectivity index (χ3n) is 10.7. The maximum Gasteiger partial charge on any atom is 0.408 e. The number of hydrogen-bond acceptors (Lipinski definition) is 12. The lowest BCUT2D eigenvalue weighted by atomic mass is 10.0. The molecule has 4 heterocycles. The number of benzene rings is 1. The summed E-state index contributed by atoms with van der Waals surface area (Å²) in [5.41, 5.74) is 6.44. The quantitative estimate of drug-likeness (QED) is 0.221. The van der Waals surface area contributed by atoms with Gasteiger partial charge in [0, 0.05) is 35.2 Å². The predicted molar refractivity (Wildman–Crippen MR) is 197 cm³/mol. The van der Waals surface area contributed by atoms with Crippen molar-refractivity contribution in [2.75, 3.05) is 26.5 Å². The summed E-state index contributed by atoms with van der Waals surface area (Å²) >= 11 is 1.30. The lowest BCUT2D eigenvalue weighted by molar-refractivity contribution is -0.148. The van der Waals surface area contributed by atoms with Crippen LogP contribution in [0.15, 0.2) is 41.8 Å². The number of fused-ring (bicyclic) bond motifs is 3. The van der Waals surface area contributed by atoms with Crippen LogP contribution in [0.4, 0.5) is 9.93 Å². The van der Waals surface area contributed by atoms with Crippen LogP contribution in [-0.2, 0) is 23.9 Å². The maximum atomic E-state index is 14.5. The molecule has 15 heteroatoms. The molecule has 0 bridgehead atoms. The Kier molecular flexibility index (Phi) is 10.7. The highest BCUT2D eigenvalue weighted by Crippen LogP contribution is 2.46. The molecule has 2 aromatic heterocycles. The van der Waals surface area contributed by atoms with E-state index in [0.717, 1.165) is 44.9 Å². The van der Waals surface area contributed by atoms with Crippen LogP contribution in [0.2, 0.25) is 0 Å². The molecule has 7 rings (SSSR count). The Labute approximate surface area is 311 Å². The maximum absolute atomic E-state index is 14.5. The van der Waals surface area contributed by atoms with Crippen LogP contribution in [0.3, 0.4) is 0 Å². The van der Waals surface area contributed by atoms with Crippen LogP contribution < -0.4 is 25.8 Å². The number of allylic oxidation sites excluding steroid dienone is 1. The zero-order valence-corrected chi connectivity index (χ0v) is 30.8. The summed E-state index contributed by atoms with van der Waals surface area (Å²) in [6.45, 7) is 0.0558. The van der Waals surface area contributed by atoms with Crippen LogP contribution in [0.25, 0.3) is 22.3 Å². The minimum Gasteiger partial charge on any atom is -0.497 e. The summed E-state index contributed by atoms with van der Waals surface area (Å²) in [5.74, 6) is -0.562. The molecule has 3 amide bonds. The topological polar surface area (TPSA) is 184 Å². The average Bonchev–Trinajstić information content (AvgIpc) is 3.58. The van der Waals surface area contributed by atoms with Crippen molar-refractivity contribution in [2.24, 2.45) is 5.92 Å². The van der Waals surface area contributed by atoms with Gasteiger partial charge in [0.15, 0.2) is 5.13 Å². The molecule has 282 valence electrons. The van der Waals surface area contributed by atoms with E-state index in [4.69, 9.17) is 29.7 Å². The molecule has 1 aromatic carbocycles. The average molecular weight is 747 g/mol. The van der Waals surface area contributed by atoms with Gasteiger partial charge in [0.05, 0.1) is 32.0 Å². The predicted octanol–water partition coefficient (Wildman–Crippen LogP) is 4.90. The number of ether oxygens (including phenoxy) is 4. The monoisotopic (exact) mass is 746 g/mol. The van der Waals surface area contributed by atoms with Crippen LogP contribution in [0.1, 0.15) is 70.6 Å². The van der Waals surface area contributed by atoms with Crippen molar-refractivity contribution in [3.8, 4) is 22.9 Å². The number of nitrogens with zero attached hydrogens (tertiary/aromatic N) is 3. The Hall–Kier alpha value is -4.92. The van der Waals surface area contributed by atoms with Crippen molar-refractivity contribution in [3.05, 3.63) is 41.8 Å². The number of carbonyl (C=O) groups is 4. The van der Waals surface area contributed by atoms with E-state index >= 15 is 0 Å². The first-order valence-corrected chi connectivity index (χ1v) is 19.3. The third kappa shape index (κ3) is 7.90. The summed E-state index contributed by atoms with van der Waals surface area (Å²) < 4.78 is 23.0.